The summed E-state index contributed by atoms with van der Waals surface area (Å²) in [6.45, 7) is 8.60. The van der Waals surface area contributed by atoms with Crippen molar-refractivity contribution in [3.8, 4) is 0 Å². The lowest BCUT2D eigenvalue weighted by Gasteiger charge is -2.25. The van der Waals surface area contributed by atoms with E-state index in [4.69, 9.17) is 0 Å². The lowest BCUT2D eigenvalue weighted by molar-refractivity contribution is -0.137. The van der Waals surface area contributed by atoms with Gasteiger partial charge in [-0.05, 0) is 93.3 Å². The van der Waals surface area contributed by atoms with Gasteiger partial charge in [0.2, 0.25) is 0 Å². The van der Waals surface area contributed by atoms with Crippen molar-refractivity contribution < 1.29 is 18.0 Å². The molecule has 0 spiro atoms. The van der Waals surface area contributed by atoms with Gasteiger partial charge in [-0.3, -0.25) is 4.79 Å². The zero-order valence-corrected chi connectivity index (χ0v) is 20.2. The molecule has 0 heterocycles. The van der Waals surface area contributed by atoms with Crippen molar-refractivity contribution in [3.63, 3.8) is 0 Å². The van der Waals surface area contributed by atoms with E-state index in [2.05, 4.69) is 34.5 Å². The van der Waals surface area contributed by atoms with Gasteiger partial charge in [-0.15, -0.1) is 0 Å². The third-order valence-corrected chi connectivity index (χ3v) is 5.63. The summed E-state index contributed by atoms with van der Waals surface area (Å²) in [6.07, 6.45) is -0.270. The van der Waals surface area contributed by atoms with E-state index in [0.29, 0.717) is 23.5 Å². The van der Waals surface area contributed by atoms with Crippen molar-refractivity contribution in [1.29, 1.82) is 0 Å². The highest BCUT2D eigenvalue weighted by molar-refractivity contribution is 14.1. The second-order valence-corrected chi connectivity index (χ2v) is 8.49. The summed E-state index contributed by atoms with van der Waals surface area (Å²) < 4.78 is 40.6. The van der Waals surface area contributed by atoms with E-state index in [-0.39, 0.29) is 5.91 Å². The molecule has 1 rings (SSSR count). The monoisotopic (exact) mass is 535 g/mol. The van der Waals surface area contributed by atoms with Crippen LogP contribution in [-0.4, -0.2) is 45.0 Å². The number of carbonyl (C=O) groups excluding carboxylic acids is 1. The van der Waals surface area contributed by atoms with Crippen molar-refractivity contribution in [2.24, 2.45) is 0 Å². The zero-order chi connectivity index (χ0) is 23.1. The van der Waals surface area contributed by atoms with Crippen LogP contribution in [0, 0.1) is 0 Å². The third kappa shape index (κ3) is 8.14. The van der Waals surface area contributed by atoms with E-state index in [1.54, 1.807) is 31.0 Å². The van der Waals surface area contributed by atoms with E-state index in [0.717, 1.165) is 34.3 Å². The maximum atomic E-state index is 13.2. The van der Waals surface area contributed by atoms with Gasteiger partial charge in [0.15, 0.2) is 0 Å². The third-order valence-electron chi connectivity index (χ3n) is 4.47. The van der Waals surface area contributed by atoms with Crippen molar-refractivity contribution >= 4 is 39.9 Å². The maximum absolute atomic E-state index is 13.2. The Bertz CT molecular complexity index is 829. The summed E-state index contributed by atoms with van der Waals surface area (Å²) >= 11 is 2.11. The van der Waals surface area contributed by atoms with Crippen LogP contribution in [0.5, 0.6) is 0 Å². The number of amides is 1. The first-order chi connectivity index (χ1) is 13.9. The molecule has 0 aliphatic heterocycles. The molecule has 1 aromatic rings. The molecule has 0 aromatic heterocycles. The Morgan fingerprint density at radius 1 is 1.20 bits per heavy atom. The lowest BCUT2D eigenvalue weighted by Crippen LogP contribution is -2.25. The Morgan fingerprint density at radius 3 is 2.37 bits per heavy atom. The molecule has 0 radical (unpaired) electrons. The van der Waals surface area contributed by atoms with E-state index in [1.165, 1.54) is 6.07 Å². The first-order valence-electron chi connectivity index (χ1n) is 9.42. The molecule has 0 unspecified atom stereocenters. The van der Waals surface area contributed by atoms with E-state index in [9.17, 15) is 18.0 Å². The molecule has 0 atom stereocenters. The number of carbonyl (C=O) groups is 1. The Labute approximate surface area is 190 Å². The van der Waals surface area contributed by atoms with Gasteiger partial charge < -0.3 is 15.1 Å². The molecule has 1 amide bonds. The molecule has 4 nitrogen and oxygen atoms in total. The summed E-state index contributed by atoms with van der Waals surface area (Å²) in [7, 11) is 5.60. The summed E-state index contributed by atoms with van der Waals surface area (Å²) in [6, 6.07) is 3.37. The van der Waals surface area contributed by atoms with Crippen LogP contribution >= 0.6 is 22.6 Å². The summed E-state index contributed by atoms with van der Waals surface area (Å²) in [5.74, 6) is -0.372. The highest BCUT2D eigenvalue weighted by Gasteiger charge is 2.31. The minimum atomic E-state index is -4.46. The van der Waals surface area contributed by atoms with E-state index in [1.807, 2.05) is 25.9 Å². The molecule has 0 bridgehead atoms. The van der Waals surface area contributed by atoms with Gasteiger partial charge in [-0.2, -0.15) is 13.2 Å². The molecule has 1 aromatic carbocycles. The molecule has 30 heavy (non-hydrogen) atoms. The normalized spacial score (nSPS) is 13.2. The molecule has 0 fully saturated rings. The van der Waals surface area contributed by atoms with Crippen LogP contribution < -0.4 is 10.2 Å². The number of allylic oxidation sites excluding steroid dienone is 4. The topological polar surface area (TPSA) is 35.6 Å². The van der Waals surface area contributed by atoms with Gasteiger partial charge >= 0.3 is 6.18 Å². The van der Waals surface area contributed by atoms with Gasteiger partial charge in [0, 0.05) is 22.7 Å². The fourth-order valence-corrected chi connectivity index (χ4v) is 3.25. The highest BCUT2D eigenvalue weighted by atomic mass is 127. The standard InChI is InChI=1S/C22H29F3IN3O/c1-7-15(2)18(26)13-16(3)21(30)27-19-10-9-17(22(23,24)25)14-20(19)29(6)12-8-11-28(4)5/h7,9-10,13-14H,1,8,11-12H2,2-6H3,(H,27,30)/b16-13+,18-15+. The van der Waals surface area contributed by atoms with E-state index < -0.39 is 11.7 Å². The number of halogens is 4. The van der Waals surface area contributed by atoms with Crippen LogP contribution in [0.15, 0.2) is 51.7 Å². The molecular formula is C22H29F3IN3O. The number of hydrogen-bond acceptors (Lipinski definition) is 3. The lowest BCUT2D eigenvalue weighted by atomic mass is 10.1. The largest absolute Gasteiger partial charge is 0.416 e. The van der Waals surface area contributed by atoms with Gasteiger partial charge in [0.25, 0.3) is 5.91 Å². The number of hydrogen-bond donors (Lipinski definition) is 1. The first kappa shape index (κ1) is 26.2. The second-order valence-electron chi connectivity index (χ2n) is 7.32. The van der Waals surface area contributed by atoms with Crippen molar-refractivity contribution in [2.75, 3.05) is 44.4 Å². The fourth-order valence-electron chi connectivity index (χ4n) is 2.56. The molecular weight excluding hydrogens is 506 g/mol. The summed E-state index contributed by atoms with van der Waals surface area (Å²) in [5, 5.41) is 2.75. The van der Waals surface area contributed by atoms with E-state index >= 15 is 0 Å². The zero-order valence-electron chi connectivity index (χ0n) is 18.0. The Hall–Kier alpha value is -1.81. The van der Waals surface area contributed by atoms with Gasteiger partial charge in [-0.25, -0.2) is 0 Å². The molecule has 166 valence electrons. The first-order valence-corrected chi connectivity index (χ1v) is 10.5. The van der Waals surface area contributed by atoms with Crippen molar-refractivity contribution in [3.05, 3.63) is 57.2 Å². The number of nitrogens with one attached hydrogen (secondary N) is 1. The number of anilines is 2. The Morgan fingerprint density at radius 2 is 1.83 bits per heavy atom. The van der Waals surface area contributed by atoms with Crippen molar-refractivity contribution in [1.82, 2.24) is 4.90 Å². The number of nitrogens with zero attached hydrogens (tertiary/aromatic N) is 2. The van der Waals surface area contributed by atoms with Gasteiger partial charge in [-0.1, -0.05) is 12.7 Å². The van der Waals surface area contributed by atoms with Crippen LogP contribution in [0.2, 0.25) is 0 Å². The summed E-state index contributed by atoms with van der Waals surface area (Å²) in [4.78, 5) is 16.4. The molecule has 8 heteroatoms. The number of benzene rings is 1. The van der Waals surface area contributed by atoms with Crippen LogP contribution in [0.1, 0.15) is 25.8 Å². The van der Waals surface area contributed by atoms with Crippen LogP contribution in [0.4, 0.5) is 24.5 Å². The fraction of sp³-hybridized carbons (Fsp3) is 0.409. The minimum Gasteiger partial charge on any atom is -0.373 e. The number of alkyl halides is 3. The Balaban J connectivity index is 3.19. The maximum Gasteiger partial charge on any atom is 0.416 e. The average molecular weight is 535 g/mol. The molecule has 0 aliphatic carbocycles. The predicted molar refractivity (Wildman–Crippen MR) is 127 cm³/mol. The Kier molecular flexibility index (Phi) is 10.1. The minimum absolute atomic E-state index is 0.331. The molecule has 0 saturated carbocycles. The van der Waals surface area contributed by atoms with Gasteiger partial charge in [0.05, 0.1) is 16.9 Å². The SMILES string of the molecule is C=C/C(C)=C(I)\C=C(/C)C(=O)Nc1ccc(C(F)(F)F)cc1N(C)CCCN(C)C. The highest BCUT2D eigenvalue weighted by Crippen LogP contribution is 2.35. The quantitative estimate of drug-likeness (QED) is 0.244. The molecule has 0 aliphatic rings. The van der Waals surface area contributed by atoms with Crippen LogP contribution in [-0.2, 0) is 11.0 Å². The predicted octanol–water partition coefficient (Wildman–Crippen LogP) is 5.87. The van der Waals surface area contributed by atoms with Crippen molar-refractivity contribution in [2.45, 2.75) is 26.4 Å². The second kappa shape index (κ2) is 11.5. The smallest absolute Gasteiger partial charge is 0.373 e. The average Bonchev–Trinajstić information content (AvgIpc) is 2.65. The molecule has 0 saturated heterocycles. The molecule has 1 N–H and O–H groups in total. The summed E-state index contributed by atoms with van der Waals surface area (Å²) in [5.41, 5.74) is 1.30. The van der Waals surface area contributed by atoms with Crippen LogP contribution in [0.3, 0.4) is 0 Å². The number of rotatable bonds is 9. The van der Waals surface area contributed by atoms with Gasteiger partial charge in [0.1, 0.15) is 0 Å². The van der Waals surface area contributed by atoms with Crippen LogP contribution in [0.25, 0.3) is 0 Å².